The summed E-state index contributed by atoms with van der Waals surface area (Å²) in [6.07, 6.45) is 7.18. The number of benzene rings is 2. The van der Waals surface area contributed by atoms with Crippen molar-refractivity contribution in [1.82, 2.24) is 20.6 Å². The molecule has 7 heteroatoms. The summed E-state index contributed by atoms with van der Waals surface area (Å²) in [5, 5.41) is 7.79. The molecule has 2 heterocycles. The Bertz CT molecular complexity index is 1320. The van der Waals surface area contributed by atoms with Crippen molar-refractivity contribution < 1.29 is 9.59 Å². The Hall–Kier alpha value is -3.64. The summed E-state index contributed by atoms with van der Waals surface area (Å²) < 4.78 is 0. The first-order valence-electron chi connectivity index (χ1n) is 11.5. The van der Waals surface area contributed by atoms with Crippen LogP contribution in [0.5, 0.6) is 0 Å². The Labute approximate surface area is 202 Å². The Kier molecular flexibility index (Phi) is 6.32. The summed E-state index contributed by atoms with van der Waals surface area (Å²) in [5.74, 6) is -0.312. The lowest BCUT2D eigenvalue weighted by atomic mass is 9.90. The van der Waals surface area contributed by atoms with Crippen molar-refractivity contribution in [2.75, 3.05) is 0 Å². The van der Waals surface area contributed by atoms with Crippen LogP contribution in [0.3, 0.4) is 0 Å². The van der Waals surface area contributed by atoms with Crippen molar-refractivity contribution in [3.63, 3.8) is 0 Å². The molecule has 1 fully saturated rings. The van der Waals surface area contributed by atoms with Crippen molar-refractivity contribution in [1.29, 1.82) is 0 Å². The number of amides is 2. The average molecular weight is 473 g/mol. The minimum absolute atomic E-state index is 0.121. The van der Waals surface area contributed by atoms with E-state index in [1.54, 1.807) is 24.5 Å². The van der Waals surface area contributed by atoms with Crippen LogP contribution < -0.4 is 10.6 Å². The predicted molar refractivity (Wildman–Crippen MR) is 134 cm³/mol. The third-order valence-corrected chi connectivity index (χ3v) is 6.62. The number of aromatic nitrogens is 2. The molecule has 0 bridgehead atoms. The van der Waals surface area contributed by atoms with Crippen LogP contribution in [0.1, 0.15) is 46.5 Å². The molecule has 6 nitrogen and oxygen atoms in total. The molecule has 0 spiro atoms. The van der Waals surface area contributed by atoms with Gasteiger partial charge in [0.2, 0.25) is 0 Å². The van der Waals surface area contributed by atoms with Crippen molar-refractivity contribution in [3.8, 4) is 11.1 Å². The van der Waals surface area contributed by atoms with E-state index in [9.17, 15) is 9.59 Å². The van der Waals surface area contributed by atoms with Crippen molar-refractivity contribution in [2.45, 2.75) is 37.8 Å². The minimum Gasteiger partial charge on any atom is -0.351 e. The van der Waals surface area contributed by atoms with E-state index in [1.807, 2.05) is 48.5 Å². The smallest absolute Gasteiger partial charge is 0.268 e. The number of carbonyl (C=O) groups excluding carboxylic acids is 2. The Morgan fingerprint density at radius 3 is 2.18 bits per heavy atom. The van der Waals surface area contributed by atoms with Crippen LogP contribution in [0, 0.1) is 0 Å². The fourth-order valence-electron chi connectivity index (χ4n) is 4.56. The van der Waals surface area contributed by atoms with Gasteiger partial charge >= 0.3 is 0 Å². The number of halogens is 1. The summed E-state index contributed by atoms with van der Waals surface area (Å²) in [7, 11) is 0. The summed E-state index contributed by atoms with van der Waals surface area (Å²) in [6.45, 7) is 0. The lowest BCUT2D eigenvalue weighted by Crippen LogP contribution is -2.53. The highest BCUT2D eigenvalue weighted by Gasteiger charge is 2.28. The van der Waals surface area contributed by atoms with Gasteiger partial charge in [0.25, 0.3) is 11.8 Å². The van der Waals surface area contributed by atoms with Crippen LogP contribution in [-0.4, -0.2) is 33.9 Å². The minimum atomic E-state index is -0.180. The lowest BCUT2D eigenvalue weighted by molar-refractivity contribution is 0.0860. The standard InChI is InChI=1S/C27H25ClN4O2/c28-21-9-10-22-20(15-21)16-25(30-22)27(34)32-24-4-2-1-3-23(24)31-26(33)19-7-5-17(6-8-19)18-11-13-29-14-12-18/h5-16,23-24,30H,1-4H2,(H,31,33)(H,32,34)/t23-,24+/m1/s1. The monoisotopic (exact) mass is 472 g/mol. The van der Waals surface area contributed by atoms with E-state index in [0.29, 0.717) is 16.3 Å². The van der Waals surface area contributed by atoms with E-state index in [-0.39, 0.29) is 23.9 Å². The zero-order chi connectivity index (χ0) is 23.5. The van der Waals surface area contributed by atoms with Crippen LogP contribution in [-0.2, 0) is 0 Å². The summed E-state index contributed by atoms with van der Waals surface area (Å²) in [4.78, 5) is 33.1. The number of hydrogen-bond acceptors (Lipinski definition) is 3. The molecule has 0 saturated heterocycles. The van der Waals surface area contributed by atoms with Crippen LogP contribution in [0.4, 0.5) is 0 Å². The molecule has 2 atom stereocenters. The molecular formula is C27H25ClN4O2. The van der Waals surface area contributed by atoms with Gasteiger partial charge in [-0.05, 0) is 72.5 Å². The molecule has 1 saturated carbocycles. The Balaban J connectivity index is 1.26. The average Bonchev–Trinajstić information content (AvgIpc) is 3.29. The summed E-state index contributed by atoms with van der Waals surface area (Å²) in [5.41, 5.74) is 4.02. The highest BCUT2D eigenvalue weighted by molar-refractivity contribution is 6.31. The van der Waals surface area contributed by atoms with Gasteiger partial charge in [0, 0.05) is 46.0 Å². The van der Waals surface area contributed by atoms with Crippen molar-refractivity contribution >= 4 is 34.3 Å². The van der Waals surface area contributed by atoms with Crippen LogP contribution in [0.25, 0.3) is 22.0 Å². The molecule has 0 unspecified atom stereocenters. The zero-order valence-corrected chi connectivity index (χ0v) is 19.3. The molecule has 1 aliphatic carbocycles. The quantitative estimate of drug-likeness (QED) is 0.365. The van der Waals surface area contributed by atoms with Crippen molar-refractivity contribution in [3.05, 3.63) is 89.3 Å². The fraction of sp³-hybridized carbons (Fsp3) is 0.222. The number of nitrogens with zero attached hydrogens (tertiary/aromatic N) is 1. The predicted octanol–water partition coefficient (Wildman–Crippen LogP) is 5.35. The van der Waals surface area contributed by atoms with Crippen LogP contribution in [0.15, 0.2) is 73.1 Å². The van der Waals surface area contributed by atoms with E-state index in [0.717, 1.165) is 47.7 Å². The molecule has 4 aromatic rings. The maximum absolute atomic E-state index is 13.0. The molecule has 2 aromatic heterocycles. The molecule has 3 N–H and O–H groups in total. The Morgan fingerprint density at radius 1 is 0.824 bits per heavy atom. The van der Waals surface area contributed by atoms with Gasteiger partial charge in [-0.3, -0.25) is 14.6 Å². The van der Waals surface area contributed by atoms with Gasteiger partial charge in [0.1, 0.15) is 5.69 Å². The maximum atomic E-state index is 13.0. The molecule has 0 aliphatic heterocycles. The molecule has 2 aromatic carbocycles. The molecular weight excluding hydrogens is 448 g/mol. The van der Waals surface area contributed by atoms with Crippen LogP contribution >= 0.6 is 11.6 Å². The second-order valence-electron chi connectivity index (χ2n) is 8.67. The second kappa shape index (κ2) is 9.69. The fourth-order valence-corrected chi connectivity index (χ4v) is 4.74. The third-order valence-electron chi connectivity index (χ3n) is 6.39. The first-order chi connectivity index (χ1) is 16.6. The highest BCUT2D eigenvalue weighted by Crippen LogP contribution is 2.23. The van der Waals surface area contributed by atoms with E-state index in [4.69, 9.17) is 11.6 Å². The second-order valence-corrected chi connectivity index (χ2v) is 9.11. The van der Waals surface area contributed by atoms with E-state index in [1.165, 1.54) is 0 Å². The number of aromatic amines is 1. The first-order valence-corrected chi connectivity index (χ1v) is 11.8. The number of nitrogens with one attached hydrogen (secondary N) is 3. The van der Waals surface area contributed by atoms with Crippen molar-refractivity contribution in [2.24, 2.45) is 0 Å². The van der Waals surface area contributed by atoms with Gasteiger partial charge in [-0.15, -0.1) is 0 Å². The van der Waals surface area contributed by atoms with Gasteiger partial charge in [0.05, 0.1) is 0 Å². The largest absolute Gasteiger partial charge is 0.351 e. The summed E-state index contributed by atoms with van der Waals surface area (Å²) >= 11 is 6.06. The SMILES string of the molecule is O=C(N[C@@H]1CCCC[C@@H]1NC(=O)c1cc2cc(Cl)ccc2[nH]1)c1ccc(-c2ccncc2)cc1. The molecule has 5 rings (SSSR count). The number of pyridine rings is 1. The molecule has 1 aliphatic rings. The maximum Gasteiger partial charge on any atom is 0.268 e. The summed E-state index contributed by atoms with van der Waals surface area (Å²) in [6, 6.07) is 18.4. The van der Waals surface area contributed by atoms with E-state index >= 15 is 0 Å². The zero-order valence-electron chi connectivity index (χ0n) is 18.6. The van der Waals surface area contributed by atoms with E-state index < -0.39 is 0 Å². The van der Waals surface area contributed by atoms with Gasteiger partial charge in [-0.1, -0.05) is 36.6 Å². The van der Waals surface area contributed by atoms with Gasteiger partial charge in [0.15, 0.2) is 0 Å². The van der Waals surface area contributed by atoms with Crippen LogP contribution in [0.2, 0.25) is 5.02 Å². The number of fused-ring (bicyclic) bond motifs is 1. The number of hydrogen-bond donors (Lipinski definition) is 3. The number of carbonyl (C=O) groups is 2. The molecule has 0 radical (unpaired) electrons. The molecule has 172 valence electrons. The van der Waals surface area contributed by atoms with Gasteiger partial charge < -0.3 is 15.6 Å². The van der Waals surface area contributed by atoms with Gasteiger partial charge in [-0.2, -0.15) is 0 Å². The molecule has 34 heavy (non-hydrogen) atoms. The molecule has 2 amide bonds. The Morgan fingerprint density at radius 2 is 1.47 bits per heavy atom. The lowest BCUT2D eigenvalue weighted by Gasteiger charge is -2.32. The first kappa shape index (κ1) is 22.2. The number of rotatable bonds is 5. The third kappa shape index (κ3) is 4.82. The topological polar surface area (TPSA) is 86.9 Å². The van der Waals surface area contributed by atoms with Gasteiger partial charge in [-0.25, -0.2) is 0 Å². The van der Waals surface area contributed by atoms with E-state index in [2.05, 4.69) is 20.6 Å². The highest BCUT2D eigenvalue weighted by atomic mass is 35.5. The normalized spacial score (nSPS) is 17.9. The number of H-pyrrole nitrogens is 1.